The zero-order chi connectivity index (χ0) is 81.0. The molecule has 602 valence electrons. The molecule has 11 N–H and O–H groups in total. The van der Waals surface area contributed by atoms with E-state index in [2.05, 4.69) is 76.8 Å². The highest BCUT2D eigenvalue weighted by Gasteiger charge is 2.36. The number of piperazine rings is 1. The van der Waals surface area contributed by atoms with Crippen molar-refractivity contribution in [3.8, 4) is 11.8 Å². The lowest BCUT2D eigenvalue weighted by molar-refractivity contribution is -0.926. The highest BCUT2D eigenvalue weighted by atomic mass is 19.4. The smallest absolute Gasteiger partial charge is 0.416 e. The Hall–Kier alpha value is -11.5. The number of aryl methyl sites for hydroxylation is 1. The second-order valence-electron chi connectivity index (χ2n) is 27.2. The van der Waals surface area contributed by atoms with Crippen LogP contribution in [0.1, 0.15) is 140 Å². The third-order valence-corrected chi connectivity index (χ3v) is 18.2. The van der Waals surface area contributed by atoms with Crippen molar-refractivity contribution in [3.63, 3.8) is 0 Å². The maximum Gasteiger partial charge on any atom is 0.416 e. The van der Waals surface area contributed by atoms with Gasteiger partial charge in [-0.25, -0.2) is 14.3 Å². The molecule has 4 heterocycles. The fraction of sp³-hybridized carbons (Fsp3) is 0.468. The Morgan fingerprint density at radius 2 is 1.22 bits per heavy atom. The standard InChI is InChI=1S/C77H96F3N15O17/c1-52-15-18-55(46-54(52)20-24-59-48-85-63-11-6-35-87-94(59)63)74(107)89-58-23-19-56(60(47-58)77(78,79)80)50-92-38-40-95(2,41-39-92)51-53-16-21-57(22-17-53)88-70(102)49-86-75(108)61(90-69(101)29-36-84-64(96)13-7-37-93-71(103)27-28-72(93)104)10-3-4-32-81-66(98)30-44-112-43-9-34-83-67(99)31-45-111-42-8-33-82-65(97)26-25-62(76(109)110)91-68(100)12-5-14-73(105)106/h6,11,15-19,21-23,27-28,35,46-48,61-62H,3-5,7-10,12-14,25-26,29-34,36-45,49-51H2,1-2H3,(H10-,81,82,83,84,86,88,89,90,91,96,97,98,99,100,101,102,105,106,107,108,109,110)/p+1/t61-,62-/m0/s1. The number of imide groups is 1. The van der Waals surface area contributed by atoms with E-state index < -0.39 is 95.5 Å². The number of carbonyl (C=O) groups is 13. The summed E-state index contributed by atoms with van der Waals surface area (Å²) in [5.74, 6) is -1.67. The summed E-state index contributed by atoms with van der Waals surface area (Å²) in [4.78, 5) is 168. The molecule has 0 unspecified atom stereocenters. The maximum absolute atomic E-state index is 14.7. The van der Waals surface area contributed by atoms with Crippen LogP contribution in [-0.4, -0.2) is 227 Å². The van der Waals surface area contributed by atoms with Gasteiger partial charge in [0.15, 0.2) is 5.65 Å². The molecule has 11 amide bonds. The van der Waals surface area contributed by atoms with Crippen LogP contribution in [0.25, 0.3) is 5.65 Å². The van der Waals surface area contributed by atoms with Crippen molar-refractivity contribution in [2.45, 2.75) is 135 Å². The molecular weight excluding hydrogens is 1460 g/mol. The first-order valence-electron chi connectivity index (χ1n) is 37.0. The average molecular weight is 1560 g/mol. The number of likely N-dealkylation sites (N-methyl/N-ethyl adjacent to an activating group) is 1. The number of imidazole rings is 1. The second-order valence-corrected chi connectivity index (χ2v) is 27.2. The van der Waals surface area contributed by atoms with Crippen molar-refractivity contribution in [2.75, 3.05) is 110 Å². The van der Waals surface area contributed by atoms with Crippen LogP contribution >= 0.6 is 0 Å². The summed E-state index contributed by atoms with van der Waals surface area (Å²) >= 11 is 0. The number of unbranched alkanes of at least 4 members (excludes halogenated alkanes) is 1. The molecule has 7 rings (SSSR count). The van der Waals surface area contributed by atoms with Crippen molar-refractivity contribution in [3.05, 3.63) is 136 Å². The number of quaternary nitrogens is 1. The molecule has 32 nitrogen and oxygen atoms in total. The lowest BCUT2D eigenvalue weighted by Crippen LogP contribution is -2.56. The first-order valence-corrected chi connectivity index (χ1v) is 37.0. The largest absolute Gasteiger partial charge is 0.481 e. The van der Waals surface area contributed by atoms with Crippen LogP contribution in [0.15, 0.2) is 97.3 Å². The molecule has 2 atom stereocenters. The number of rotatable bonds is 46. The number of fused-ring (bicyclic) bond motifs is 1. The van der Waals surface area contributed by atoms with Gasteiger partial charge in [0.2, 0.25) is 47.3 Å². The molecule has 1 saturated heterocycles. The number of hydrogen-bond donors (Lipinski definition) is 11. The van der Waals surface area contributed by atoms with Crippen molar-refractivity contribution in [1.82, 2.24) is 61.6 Å². The minimum absolute atomic E-state index is 0.0133. The number of amides is 11. The first kappa shape index (κ1) is 87.7. The van der Waals surface area contributed by atoms with Gasteiger partial charge < -0.3 is 72.0 Å². The molecule has 1 fully saturated rings. The molecule has 0 spiro atoms. The van der Waals surface area contributed by atoms with Gasteiger partial charge in [-0.1, -0.05) is 30.2 Å². The normalized spacial score (nSPS) is 13.7. The summed E-state index contributed by atoms with van der Waals surface area (Å²) < 4.78 is 57.3. The van der Waals surface area contributed by atoms with E-state index in [9.17, 15) is 80.6 Å². The molecule has 2 aliphatic rings. The summed E-state index contributed by atoms with van der Waals surface area (Å²) in [6, 6.07) is 17.0. The van der Waals surface area contributed by atoms with Crippen LogP contribution in [-0.2, 0) is 86.3 Å². The summed E-state index contributed by atoms with van der Waals surface area (Å²) in [5, 5.41) is 46.0. The van der Waals surface area contributed by atoms with Crippen LogP contribution < -0.4 is 47.9 Å². The van der Waals surface area contributed by atoms with Crippen molar-refractivity contribution in [2.24, 2.45) is 0 Å². The molecule has 0 radical (unpaired) electrons. The fourth-order valence-corrected chi connectivity index (χ4v) is 11.9. The lowest BCUT2D eigenvalue weighted by atomic mass is 10.0. The fourth-order valence-electron chi connectivity index (χ4n) is 11.9. The topological polar surface area (TPSA) is 426 Å². The van der Waals surface area contributed by atoms with E-state index in [1.807, 2.05) is 24.0 Å². The van der Waals surface area contributed by atoms with Gasteiger partial charge in [0.25, 0.3) is 17.7 Å². The number of aliphatic carboxylic acids is 2. The van der Waals surface area contributed by atoms with E-state index in [-0.39, 0.29) is 158 Å². The predicted molar refractivity (Wildman–Crippen MR) is 400 cm³/mol. The monoisotopic (exact) mass is 1560 g/mol. The average Bonchev–Trinajstić information content (AvgIpc) is 1.13. The molecule has 112 heavy (non-hydrogen) atoms. The number of carboxylic acid groups (broad SMARTS) is 2. The molecule has 2 aromatic heterocycles. The minimum Gasteiger partial charge on any atom is -0.481 e. The zero-order valence-corrected chi connectivity index (χ0v) is 62.6. The van der Waals surface area contributed by atoms with E-state index in [1.54, 1.807) is 59.4 Å². The van der Waals surface area contributed by atoms with Crippen LogP contribution in [0.4, 0.5) is 24.5 Å². The van der Waals surface area contributed by atoms with Crippen LogP contribution in [0, 0.1) is 18.8 Å². The summed E-state index contributed by atoms with van der Waals surface area (Å²) in [5.41, 5.74) is 3.29. The Morgan fingerprint density at radius 1 is 0.607 bits per heavy atom. The molecule has 5 aromatic rings. The summed E-state index contributed by atoms with van der Waals surface area (Å²) in [6.45, 7) is 5.72. The van der Waals surface area contributed by atoms with Crippen LogP contribution in [0.3, 0.4) is 0 Å². The highest BCUT2D eigenvalue weighted by molar-refractivity contribution is 6.13. The van der Waals surface area contributed by atoms with Gasteiger partial charge in [-0.05, 0) is 124 Å². The molecule has 35 heteroatoms. The van der Waals surface area contributed by atoms with Crippen LogP contribution in [0.2, 0.25) is 0 Å². The Labute approximate surface area is 645 Å². The Balaban J connectivity index is 0.774. The van der Waals surface area contributed by atoms with Gasteiger partial charge in [-0.2, -0.15) is 18.3 Å². The number of carbonyl (C=O) groups excluding carboxylic acids is 11. The quantitative estimate of drug-likeness (QED) is 0.0115. The van der Waals surface area contributed by atoms with E-state index in [1.165, 1.54) is 12.1 Å². The van der Waals surface area contributed by atoms with E-state index in [0.717, 1.165) is 34.2 Å². The number of benzene rings is 3. The SMILES string of the molecule is Cc1ccc(C(=O)Nc2ccc(CN3CC[N+](C)(Cc4ccc(NC(=O)CNC(=O)[C@H](CCCCNC(=O)CCOCCCNC(=O)CCOCCCNC(=O)CC[C@H](NC(=O)CCCC(=O)O)C(=O)O)NC(=O)CCNC(=O)CCCN5C(=O)C=CC5=O)cc4)CC3)c(C(F)(F)F)c2)cc1C#Cc1cnc2cccnn12. The number of nitrogens with zero attached hydrogens (tertiary/aromatic N) is 6. The zero-order valence-electron chi connectivity index (χ0n) is 62.6. The number of hydrogen-bond acceptors (Lipinski definition) is 18. The van der Waals surface area contributed by atoms with Crippen molar-refractivity contribution < 1.29 is 99.7 Å². The molecule has 2 aliphatic heterocycles. The number of alkyl halides is 3. The molecule has 3 aromatic carbocycles. The Morgan fingerprint density at radius 3 is 1.88 bits per heavy atom. The third kappa shape index (κ3) is 31.1. The number of aromatic nitrogens is 3. The van der Waals surface area contributed by atoms with Gasteiger partial charge >= 0.3 is 18.1 Å². The summed E-state index contributed by atoms with van der Waals surface area (Å²) in [6.07, 6.45) is 1.96. The first-order chi connectivity index (χ1) is 53.6. The van der Waals surface area contributed by atoms with E-state index >= 15 is 0 Å². The van der Waals surface area contributed by atoms with Gasteiger partial charge in [0.1, 0.15) is 24.3 Å². The minimum atomic E-state index is -4.71. The van der Waals surface area contributed by atoms with Crippen molar-refractivity contribution in [1.29, 1.82) is 0 Å². The predicted octanol–water partition coefficient (Wildman–Crippen LogP) is 3.64. The van der Waals surface area contributed by atoms with Crippen molar-refractivity contribution >= 4 is 93.9 Å². The molecular formula is C77H97F3N15O17+. The second kappa shape index (κ2) is 45.0. The Kier molecular flexibility index (Phi) is 35.2. The molecule has 0 saturated carbocycles. The molecule has 0 bridgehead atoms. The number of carboxylic acids is 2. The third-order valence-electron chi connectivity index (χ3n) is 18.2. The van der Waals surface area contributed by atoms with Crippen LogP contribution in [0.5, 0.6) is 0 Å². The number of halogens is 3. The number of nitrogens with one attached hydrogen (secondary N) is 9. The maximum atomic E-state index is 14.7. The summed E-state index contributed by atoms with van der Waals surface area (Å²) in [7, 11) is 2.07. The highest BCUT2D eigenvalue weighted by Crippen LogP contribution is 2.35. The van der Waals surface area contributed by atoms with E-state index in [4.69, 9.17) is 14.6 Å². The number of anilines is 2. The lowest BCUT2D eigenvalue weighted by Gasteiger charge is -2.42. The van der Waals surface area contributed by atoms with E-state index in [0.29, 0.717) is 92.0 Å². The van der Waals surface area contributed by atoms with Gasteiger partial charge in [-0.3, -0.25) is 67.3 Å². The Bertz CT molecular complexity index is 4210. The van der Waals surface area contributed by atoms with Gasteiger partial charge in [0, 0.05) is 157 Å². The molecule has 0 aliphatic carbocycles. The number of ether oxygens (including phenoxy) is 2. The van der Waals surface area contributed by atoms with Gasteiger partial charge in [0.05, 0.1) is 51.7 Å². The van der Waals surface area contributed by atoms with Gasteiger partial charge in [-0.15, -0.1) is 0 Å².